The smallest absolute Gasteiger partial charge is 0.225 e. The van der Waals surface area contributed by atoms with E-state index in [1.165, 1.54) is 5.56 Å². The van der Waals surface area contributed by atoms with Crippen LogP contribution in [0.2, 0.25) is 0 Å². The Balaban J connectivity index is 1.75. The standard InChI is InChI=1S/C22H26BrN5/c1-28(2)14-6-13-24-22-26-20(18-7-4-3-5-8-18)15-21(27-22)25-16-17-9-11-19(23)12-10-17/h3-5,7-12,15H,6,13-14,16H2,1-2H3,(H2,24,25,26,27). The summed E-state index contributed by atoms with van der Waals surface area (Å²) in [5.41, 5.74) is 3.18. The highest BCUT2D eigenvalue weighted by atomic mass is 79.9. The van der Waals surface area contributed by atoms with Gasteiger partial charge in [-0.15, -0.1) is 0 Å². The van der Waals surface area contributed by atoms with E-state index in [4.69, 9.17) is 4.98 Å². The Hall–Kier alpha value is -2.44. The van der Waals surface area contributed by atoms with Gasteiger partial charge in [-0.2, -0.15) is 4.98 Å². The molecule has 0 aliphatic carbocycles. The Morgan fingerprint density at radius 3 is 2.39 bits per heavy atom. The average Bonchev–Trinajstić information content (AvgIpc) is 2.71. The second kappa shape index (κ2) is 10.2. The van der Waals surface area contributed by atoms with E-state index in [0.29, 0.717) is 12.5 Å². The molecule has 1 heterocycles. The van der Waals surface area contributed by atoms with Crippen LogP contribution in [0.15, 0.2) is 65.1 Å². The van der Waals surface area contributed by atoms with Crippen molar-refractivity contribution < 1.29 is 0 Å². The number of rotatable bonds is 9. The maximum atomic E-state index is 4.70. The van der Waals surface area contributed by atoms with Gasteiger partial charge in [-0.05, 0) is 44.8 Å². The number of nitrogens with one attached hydrogen (secondary N) is 2. The van der Waals surface area contributed by atoms with E-state index < -0.39 is 0 Å². The predicted molar refractivity (Wildman–Crippen MR) is 121 cm³/mol. The molecule has 2 aromatic carbocycles. The molecule has 0 unspecified atom stereocenters. The summed E-state index contributed by atoms with van der Waals surface area (Å²) < 4.78 is 1.08. The van der Waals surface area contributed by atoms with E-state index in [2.05, 4.69) is 74.8 Å². The van der Waals surface area contributed by atoms with Crippen molar-refractivity contribution in [2.24, 2.45) is 0 Å². The van der Waals surface area contributed by atoms with Crippen LogP contribution in [0, 0.1) is 0 Å². The Labute approximate surface area is 175 Å². The highest BCUT2D eigenvalue weighted by Crippen LogP contribution is 2.22. The van der Waals surface area contributed by atoms with E-state index >= 15 is 0 Å². The summed E-state index contributed by atoms with van der Waals surface area (Å²) in [5, 5.41) is 6.79. The Bertz CT molecular complexity index is 866. The van der Waals surface area contributed by atoms with E-state index in [-0.39, 0.29) is 0 Å². The van der Waals surface area contributed by atoms with Crippen LogP contribution >= 0.6 is 15.9 Å². The van der Waals surface area contributed by atoms with Crippen molar-refractivity contribution in [3.63, 3.8) is 0 Å². The first-order valence-corrected chi connectivity index (χ1v) is 10.2. The maximum Gasteiger partial charge on any atom is 0.225 e. The van der Waals surface area contributed by atoms with Gasteiger partial charge in [0.05, 0.1) is 5.69 Å². The van der Waals surface area contributed by atoms with Gasteiger partial charge in [0.2, 0.25) is 5.95 Å². The van der Waals surface area contributed by atoms with Crippen molar-refractivity contribution in [1.29, 1.82) is 0 Å². The molecule has 0 atom stereocenters. The Morgan fingerprint density at radius 2 is 1.68 bits per heavy atom. The second-order valence-corrected chi connectivity index (χ2v) is 7.81. The molecule has 146 valence electrons. The van der Waals surface area contributed by atoms with Crippen LogP contribution in [0.1, 0.15) is 12.0 Å². The third kappa shape index (κ3) is 6.32. The molecule has 2 N–H and O–H groups in total. The number of nitrogens with zero attached hydrogens (tertiary/aromatic N) is 3. The van der Waals surface area contributed by atoms with Crippen LogP contribution < -0.4 is 10.6 Å². The van der Waals surface area contributed by atoms with Crippen molar-refractivity contribution in [3.05, 3.63) is 70.7 Å². The summed E-state index contributed by atoms with van der Waals surface area (Å²) in [4.78, 5) is 11.5. The van der Waals surface area contributed by atoms with Crippen LogP contribution in [-0.4, -0.2) is 42.1 Å². The fraction of sp³-hybridized carbons (Fsp3) is 0.273. The lowest BCUT2D eigenvalue weighted by atomic mass is 10.1. The summed E-state index contributed by atoms with van der Waals surface area (Å²) in [5.74, 6) is 1.46. The number of benzene rings is 2. The fourth-order valence-corrected chi connectivity index (χ4v) is 3.03. The van der Waals surface area contributed by atoms with Gasteiger partial charge < -0.3 is 15.5 Å². The minimum atomic E-state index is 0.651. The summed E-state index contributed by atoms with van der Waals surface area (Å²) in [6, 6.07) is 20.5. The Kier molecular flexibility index (Phi) is 7.39. The van der Waals surface area contributed by atoms with Crippen LogP contribution in [0.4, 0.5) is 11.8 Å². The highest BCUT2D eigenvalue weighted by molar-refractivity contribution is 9.10. The normalized spacial score (nSPS) is 10.9. The van der Waals surface area contributed by atoms with E-state index in [0.717, 1.165) is 41.1 Å². The summed E-state index contributed by atoms with van der Waals surface area (Å²) in [7, 11) is 4.16. The molecular formula is C22H26BrN5. The molecule has 28 heavy (non-hydrogen) atoms. The van der Waals surface area contributed by atoms with Crippen molar-refractivity contribution in [1.82, 2.24) is 14.9 Å². The molecular weight excluding hydrogens is 414 g/mol. The minimum Gasteiger partial charge on any atom is -0.366 e. The van der Waals surface area contributed by atoms with E-state index in [9.17, 15) is 0 Å². The first-order chi connectivity index (χ1) is 13.6. The first kappa shape index (κ1) is 20.3. The lowest BCUT2D eigenvalue weighted by Crippen LogP contribution is -2.17. The number of anilines is 2. The second-order valence-electron chi connectivity index (χ2n) is 6.89. The lowest BCUT2D eigenvalue weighted by Gasteiger charge is -2.13. The maximum absolute atomic E-state index is 4.70. The third-order valence-electron chi connectivity index (χ3n) is 4.25. The molecule has 0 radical (unpaired) electrons. The van der Waals surface area contributed by atoms with Crippen LogP contribution in [-0.2, 0) is 6.54 Å². The van der Waals surface area contributed by atoms with E-state index in [1.807, 2.05) is 36.4 Å². The molecule has 3 aromatic rings. The van der Waals surface area contributed by atoms with E-state index in [1.54, 1.807) is 0 Å². The molecule has 0 saturated carbocycles. The van der Waals surface area contributed by atoms with Gasteiger partial charge in [-0.1, -0.05) is 58.4 Å². The van der Waals surface area contributed by atoms with Gasteiger partial charge in [-0.3, -0.25) is 0 Å². The number of halogens is 1. The van der Waals surface area contributed by atoms with Crippen molar-refractivity contribution in [2.75, 3.05) is 37.8 Å². The molecule has 3 rings (SSSR count). The highest BCUT2D eigenvalue weighted by Gasteiger charge is 2.07. The van der Waals surface area contributed by atoms with Crippen LogP contribution in [0.25, 0.3) is 11.3 Å². The third-order valence-corrected chi connectivity index (χ3v) is 4.78. The summed E-state index contributed by atoms with van der Waals surface area (Å²) in [6.07, 6.45) is 1.04. The van der Waals surface area contributed by atoms with Gasteiger partial charge in [0.15, 0.2) is 0 Å². The van der Waals surface area contributed by atoms with Gasteiger partial charge in [-0.25, -0.2) is 4.98 Å². The first-order valence-electron chi connectivity index (χ1n) is 9.41. The summed E-state index contributed by atoms with van der Waals surface area (Å²) in [6.45, 7) is 2.57. The molecule has 0 spiro atoms. The zero-order valence-electron chi connectivity index (χ0n) is 16.3. The molecule has 1 aromatic heterocycles. The van der Waals surface area contributed by atoms with Crippen LogP contribution in [0.3, 0.4) is 0 Å². The zero-order chi connectivity index (χ0) is 19.8. The molecule has 6 heteroatoms. The van der Waals surface area contributed by atoms with Gasteiger partial charge in [0.1, 0.15) is 5.82 Å². The predicted octanol–water partition coefficient (Wildman–Crippen LogP) is 4.88. The largest absolute Gasteiger partial charge is 0.366 e. The topological polar surface area (TPSA) is 53.1 Å². The van der Waals surface area contributed by atoms with Crippen molar-refractivity contribution in [2.45, 2.75) is 13.0 Å². The average molecular weight is 440 g/mol. The molecule has 0 fully saturated rings. The fourth-order valence-electron chi connectivity index (χ4n) is 2.76. The summed E-state index contributed by atoms with van der Waals surface area (Å²) >= 11 is 3.47. The van der Waals surface area contributed by atoms with Gasteiger partial charge >= 0.3 is 0 Å². The van der Waals surface area contributed by atoms with Crippen LogP contribution in [0.5, 0.6) is 0 Å². The van der Waals surface area contributed by atoms with Crippen molar-refractivity contribution in [3.8, 4) is 11.3 Å². The number of hydrogen-bond acceptors (Lipinski definition) is 5. The molecule has 0 saturated heterocycles. The molecule has 0 aliphatic heterocycles. The molecule has 0 bridgehead atoms. The number of aromatic nitrogens is 2. The zero-order valence-corrected chi connectivity index (χ0v) is 17.9. The monoisotopic (exact) mass is 439 g/mol. The molecule has 0 aliphatic rings. The Morgan fingerprint density at radius 1 is 0.929 bits per heavy atom. The molecule has 5 nitrogen and oxygen atoms in total. The lowest BCUT2D eigenvalue weighted by molar-refractivity contribution is 0.405. The van der Waals surface area contributed by atoms with Crippen molar-refractivity contribution >= 4 is 27.7 Å². The quantitative estimate of drug-likeness (QED) is 0.465. The van der Waals surface area contributed by atoms with Gasteiger partial charge in [0.25, 0.3) is 0 Å². The molecule has 0 amide bonds. The SMILES string of the molecule is CN(C)CCCNc1nc(NCc2ccc(Br)cc2)cc(-c2ccccc2)n1. The van der Waals surface area contributed by atoms with Gasteiger partial charge in [0, 0.05) is 29.2 Å². The minimum absolute atomic E-state index is 0.651. The number of hydrogen-bond donors (Lipinski definition) is 2.